The Morgan fingerprint density at radius 1 is 0.697 bits per heavy atom. The molecule has 0 radical (unpaired) electrons. The number of rotatable bonds is 5. The minimum atomic E-state index is -3.64. The van der Waals surface area contributed by atoms with Gasteiger partial charge in [0, 0.05) is 21.1 Å². The monoisotopic (exact) mass is 514 g/mol. The van der Waals surface area contributed by atoms with Gasteiger partial charge in [-0.1, -0.05) is 76.6 Å². The third-order valence-electron chi connectivity index (χ3n) is 5.34. The van der Waals surface area contributed by atoms with Gasteiger partial charge < -0.3 is 0 Å². The maximum atomic E-state index is 12.6. The van der Waals surface area contributed by atoms with Crippen molar-refractivity contribution < 1.29 is 8.42 Å². The molecule has 5 rings (SSSR count). The van der Waals surface area contributed by atoms with Crippen molar-refractivity contribution >= 4 is 42.5 Å². The topological polar surface area (TPSA) is 59.1 Å². The molecular formula is C27H19BrN2O2S. The van der Waals surface area contributed by atoms with Gasteiger partial charge in [-0.25, -0.2) is 13.4 Å². The third-order valence-corrected chi connectivity index (χ3v) is 7.23. The maximum Gasteiger partial charge on any atom is 0.261 e. The second kappa shape index (κ2) is 8.81. The number of hydrogen-bond acceptors (Lipinski definition) is 3. The Bertz CT molecular complexity index is 1540. The molecule has 33 heavy (non-hydrogen) atoms. The highest BCUT2D eigenvalue weighted by atomic mass is 79.9. The van der Waals surface area contributed by atoms with Gasteiger partial charge in [-0.2, -0.15) is 0 Å². The summed E-state index contributed by atoms with van der Waals surface area (Å²) in [6.07, 6.45) is 0. The van der Waals surface area contributed by atoms with Crippen LogP contribution in [0.3, 0.4) is 0 Å². The molecular weight excluding hydrogens is 496 g/mol. The zero-order valence-corrected chi connectivity index (χ0v) is 19.8. The number of nitrogens with one attached hydrogen (secondary N) is 1. The first-order valence-electron chi connectivity index (χ1n) is 10.3. The van der Waals surface area contributed by atoms with Crippen molar-refractivity contribution in [1.29, 1.82) is 0 Å². The van der Waals surface area contributed by atoms with E-state index in [9.17, 15) is 8.42 Å². The van der Waals surface area contributed by atoms with Crippen LogP contribution in [0.1, 0.15) is 0 Å². The van der Waals surface area contributed by atoms with Crippen LogP contribution in [0, 0.1) is 0 Å². The van der Waals surface area contributed by atoms with Gasteiger partial charge in [-0.15, -0.1) is 0 Å². The highest BCUT2D eigenvalue weighted by Crippen LogP contribution is 2.34. The van der Waals surface area contributed by atoms with E-state index < -0.39 is 10.0 Å². The highest BCUT2D eigenvalue weighted by Gasteiger charge is 2.14. The van der Waals surface area contributed by atoms with Crippen LogP contribution >= 0.6 is 15.9 Å². The number of anilines is 1. The van der Waals surface area contributed by atoms with Crippen LogP contribution < -0.4 is 4.72 Å². The van der Waals surface area contributed by atoms with E-state index in [-0.39, 0.29) is 4.90 Å². The Hall–Kier alpha value is -3.48. The van der Waals surface area contributed by atoms with Crippen LogP contribution in [0.15, 0.2) is 119 Å². The predicted octanol–water partition coefficient (Wildman–Crippen LogP) is 7.13. The quantitative estimate of drug-likeness (QED) is 0.271. The molecule has 4 aromatic carbocycles. The molecule has 1 aromatic heterocycles. The first-order chi connectivity index (χ1) is 16.0. The Morgan fingerprint density at radius 2 is 1.36 bits per heavy atom. The summed E-state index contributed by atoms with van der Waals surface area (Å²) in [4.78, 5) is 5.09. The van der Waals surface area contributed by atoms with Crippen LogP contribution in [-0.4, -0.2) is 13.4 Å². The third kappa shape index (κ3) is 4.53. The number of hydrogen-bond donors (Lipinski definition) is 1. The smallest absolute Gasteiger partial charge is 0.261 e. The van der Waals surface area contributed by atoms with Crippen LogP contribution in [-0.2, 0) is 10.0 Å². The van der Waals surface area contributed by atoms with E-state index >= 15 is 0 Å². The van der Waals surface area contributed by atoms with E-state index in [0.29, 0.717) is 5.69 Å². The molecule has 0 unspecified atom stereocenters. The SMILES string of the molecule is O=S(=O)(Nc1ccc(-c2cc(-c3ccccc3)c3cc(Br)ccc3n2)cc1)c1ccccc1. The van der Waals surface area contributed by atoms with Crippen LogP contribution in [0.4, 0.5) is 5.69 Å². The van der Waals surface area contributed by atoms with Gasteiger partial charge in [0.25, 0.3) is 10.0 Å². The number of halogens is 1. The number of fused-ring (bicyclic) bond motifs is 1. The van der Waals surface area contributed by atoms with Gasteiger partial charge in [0.15, 0.2) is 0 Å². The summed E-state index contributed by atoms with van der Waals surface area (Å²) in [5, 5.41) is 1.06. The molecule has 0 amide bonds. The molecule has 0 saturated heterocycles. The molecule has 0 spiro atoms. The van der Waals surface area contributed by atoms with E-state index in [1.54, 1.807) is 42.5 Å². The molecule has 0 bridgehead atoms. The van der Waals surface area contributed by atoms with E-state index in [4.69, 9.17) is 4.98 Å². The van der Waals surface area contributed by atoms with Crippen molar-refractivity contribution in [1.82, 2.24) is 4.98 Å². The van der Waals surface area contributed by atoms with Crippen molar-refractivity contribution in [2.75, 3.05) is 4.72 Å². The summed E-state index contributed by atoms with van der Waals surface area (Å²) in [5.74, 6) is 0. The normalized spacial score (nSPS) is 11.4. The number of benzene rings is 4. The average molecular weight is 515 g/mol. The Kier molecular flexibility index (Phi) is 5.70. The molecule has 162 valence electrons. The number of nitrogens with zero attached hydrogens (tertiary/aromatic N) is 1. The van der Waals surface area contributed by atoms with Crippen molar-refractivity contribution in [2.45, 2.75) is 4.90 Å². The molecule has 0 aliphatic heterocycles. The summed E-state index contributed by atoms with van der Waals surface area (Å²) in [6.45, 7) is 0. The molecule has 0 aliphatic rings. The van der Waals surface area contributed by atoms with Gasteiger partial charge in [0.1, 0.15) is 0 Å². The van der Waals surface area contributed by atoms with Crippen molar-refractivity contribution in [3.05, 3.63) is 114 Å². The average Bonchev–Trinajstić information content (AvgIpc) is 2.85. The summed E-state index contributed by atoms with van der Waals surface area (Å²) >= 11 is 3.57. The largest absolute Gasteiger partial charge is 0.280 e. The molecule has 6 heteroatoms. The fraction of sp³-hybridized carbons (Fsp3) is 0. The zero-order valence-electron chi connectivity index (χ0n) is 17.4. The van der Waals surface area contributed by atoms with Crippen LogP contribution in [0.5, 0.6) is 0 Å². The van der Waals surface area contributed by atoms with E-state index in [1.807, 2.05) is 42.5 Å². The fourth-order valence-electron chi connectivity index (χ4n) is 3.73. The van der Waals surface area contributed by atoms with E-state index in [0.717, 1.165) is 37.8 Å². The van der Waals surface area contributed by atoms with E-state index in [2.05, 4.69) is 44.9 Å². The first-order valence-corrected chi connectivity index (χ1v) is 12.6. The van der Waals surface area contributed by atoms with Crippen molar-refractivity contribution in [3.63, 3.8) is 0 Å². The summed E-state index contributed by atoms with van der Waals surface area (Å²) in [7, 11) is -3.64. The minimum Gasteiger partial charge on any atom is -0.280 e. The lowest BCUT2D eigenvalue weighted by atomic mass is 9.98. The molecule has 1 N–H and O–H groups in total. The second-order valence-electron chi connectivity index (χ2n) is 7.58. The number of pyridine rings is 1. The molecule has 0 saturated carbocycles. The van der Waals surface area contributed by atoms with Gasteiger partial charge in [0.2, 0.25) is 0 Å². The lowest BCUT2D eigenvalue weighted by molar-refractivity contribution is 0.601. The summed E-state index contributed by atoms with van der Waals surface area (Å²) in [6, 6.07) is 33.9. The van der Waals surface area contributed by atoms with Gasteiger partial charge >= 0.3 is 0 Å². The number of aromatic nitrogens is 1. The standard InChI is InChI=1S/C27H19BrN2O2S/c28-21-13-16-26-25(17-21)24(19-7-3-1-4-8-19)18-27(29-26)20-11-14-22(15-12-20)30-33(31,32)23-9-5-2-6-10-23/h1-18,30H. The molecule has 0 aliphatic carbocycles. The second-order valence-corrected chi connectivity index (χ2v) is 10.2. The molecule has 0 atom stereocenters. The Labute approximate surface area is 201 Å². The fourth-order valence-corrected chi connectivity index (χ4v) is 5.17. The Morgan fingerprint density at radius 3 is 2.06 bits per heavy atom. The van der Waals surface area contributed by atoms with Crippen LogP contribution in [0.2, 0.25) is 0 Å². The van der Waals surface area contributed by atoms with Gasteiger partial charge in [0.05, 0.1) is 16.1 Å². The summed E-state index contributed by atoms with van der Waals surface area (Å²) < 4.78 is 28.8. The minimum absolute atomic E-state index is 0.226. The highest BCUT2D eigenvalue weighted by molar-refractivity contribution is 9.10. The molecule has 5 aromatic rings. The lowest BCUT2D eigenvalue weighted by Gasteiger charge is -2.12. The Balaban J connectivity index is 1.53. The first kappa shape index (κ1) is 21.4. The van der Waals surface area contributed by atoms with Crippen molar-refractivity contribution in [3.8, 4) is 22.4 Å². The lowest BCUT2D eigenvalue weighted by Crippen LogP contribution is -2.12. The molecule has 1 heterocycles. The predicted molar refractivity (Wildman–Crippen MR) is 138 cm³/mol. The van der Waals surface area contributed by atoms with Gasteiger partial charge in [-0.3, -0.25) is 4.72 Å². The number of sulfonamides is 1. The zero-order chi connectivity index (χ0) is 22.8. The van der Waals surface area contributed by atoms with Gasteiger partial charge in [-0.05, 0) is 59.7 Å². The molecule has 4 nitrogen and oxygen atoms in total. The van der Waals surface area contributed by atoms with Crippen LogP contribution in [0.25, 0.3) is 33.3 Å². The van der Waals surface area contributed by atoms with E-state index in [1.165, 1.54) is 0 Å². The maximum absolute atomic E-state index is 12.6. The van der Waals surface area contributed by atoms with Crippen molar-refractivity contribution in [2.24, 2.45) is 0 Å². The summed E-state index contributed by atoms with van der Waals surface area (Å²) in [5.41, 5.74) is 5.31. The molecule has 0 fully saturated rings.